The number of nitrogens with zero attached hydrogens (tertiary/aromatic N) is 4. The van der Waals surface area contributed by atoms with Gasteiger partial charge in [-0.15, -0.1) is 0 Å². The van der Waals surface area contributed by atoms with Gasteiger partial charge in [-0.3, -0.25) is 14.6 Å². The van der Waals surface area contributed by atoms with Crippen molar-refractivity contribution in [2.24, 2.45) is 0 Å². The molecule has 1 saturated heterocycles. The Bertz CT molecular complexity index is 1190. The predicted molar refractivity (Wildman–Crippen MR) is 114 cm³/mol. The van der Waals surface area contributed by atoms with Crippen LogP contribution in [0.1, 0.15) is 19.3 Å². The number of nitrogens with two attached hydrogens (primary N) is 1. The fourth-order valence-corrected chi connectivity index (χ4v) is 3.90. The van der Waals surface area contributed by atoms with Crippen molar-refractivity contribution >= 4 is 33.5 Å². The first kappa shape index (κ1) is 18.6. The standard InChI is InChI=1S/C21H23N7O2/c22-20-19-15(14-5-4-13(11-17(14)25-20)16-6-7-24-26-16)12-28(27-19)9-8-23-21(29)18-3-1-2-10-30-18/h4-7,11-12,18H,1-3,8-10H2,(H2,22,25)(H,23,29)(H,24,26). The molecule has 1 atom stereocenters. The molecular weight excluding hydrogens is 382 g/mol. The lowest BCUT2D eigenvalue weighted by Crippen LogP contribution is -2.39. The molecule has 5 rings (SSSR count). The third kappa shape index (κ3) is 3.48. The Balaban J connectivity index is 1.36. The van der Waals surface area contributed by atoms with E-state index >= 15 is 0 Å². The number of nitrogen functional groups attached to an aromatic ring is 1. The number of pyridine rings is 1. The molecule has 4 aromatic rings. The third-order valence-electron chi connectivity index (χ3n) is 5.46. The molecule has 3 aromatic heterocycles. The zero-order valence-electron chi connectivity index (χ0n) is 16.5. The maximum absolute atomic E-state index is 12.2. The molecule has 0 radical (unpaired) electrons. The second kappa shape index (κ2) is 7.75. The van der Waals surface area contributed by atoms with Gasteiger partial charge in [0.15, 0.2) is 5.82 Å². The number of H-pyrrole nitrogens is 1. The number of hydrogen-bond donors (Lipinski definition) is 3. The number of fused-ring (bicyclic) bond motifs is 3. The Kier molecular flexibility index (Phi) is 4.80. The van der Waals surface area contributed by atoms with Crippen LogP contribution in [0, 0.1) is 0 Å². The van der Waals surface area contributed by atoms with Gasteiger partial charge in [0.1, 0.15) is 11.6 Å². The topological polar surface area (TPSA) is 124 Å². The van der Waals surface area contributed by atoms with Crippen molar-refractivity contribution < 1.29 is 9.53 Å². The van der Waals surface area contributed by atoms with E-state index in [4.69, 9.17) is 10.5 Å². The molecule has 0 saturated carbocycles. The first-order valence-corrected chi connectivity index (χ1v) is 10.1. The Morgan fingerprint density at radius 2 is 2.23 bits per heavy atom. The highest BCUT2D eigenvalue weighted by Crippen LogP contribution is 2.29. The molecule has 1 fully saturated rings. The second-order valence-corrected chi connectivity index (χ2v) is 7.50. The van der Waals surface area contributed by atoms with Crippen LogP contribution < -0.4 is 11.1 Å². The minimum Gasteiger partial charge on any atom is -0.382 e. The summed E-state index contributed by atoms with van der Waals surface area (Å²) >= 11 is 0. The molecule has 1 aliphatic rings. The van der Waals surface area contributed by atoms with Crippen LogP contribution in [-0.2, 0) is 16.1 Å². The van der Waals surface area contributed by atoms with E-state index in [0.29, 0.717) is 31.0 Å². The number of ether oxygens (including phenoxy) is 1. The molecule has 1 aromatic carbocycles. The van der Waals surface area contributed by atoms with E-state index in [1.54, 1.807) is 10.9 Å². The summed E-state index contributed by atoms with van der Waals surface area (Å²) in [6, 6.07) is 7.94. The van der Waals surface area contributed by atoms with Crippen LogP contribution in [0.25, 0.3) is 33.1 Å². The monoisotopic (exact) mass is 405 g/mol. The molecule has 9 heteroatoms. The molecule has 0 aliphatic carbocycles. The summed E-state index contributed by atoms with van der Waals surface area (Å²) in [7, 11) is 0. The molecule has 0 bridgehead atoms. The van der Waals surface area contributed by atoms with Gasteiger partial charge in [0.25, 0.3) is 0 Å². The maximum Gasteiger partial charge on any atom is 0.249 e. The summed E-state index contributed by atoms with van der Waals surface area (Å²) < 4.78 is 7.32. The van der Waals surface area contributed by atoms with Crippen molar-refractivity contribution in [2.45, 2.75) is 31.9 Å². The summed E-state index contributed by atoms with van der Waals surface area (Å²) in [5, 5.41) is 16.4. The number of carbonyl (C=O) groups is 1. The molecule has 4 N–H and O–H groups in total. The predicted octanol–water partition coefficient (Wildman–Crippen LogP) is 2.24. The number of aromatic amines is 1. The van der Waals surface area contributed by atoms with Crippen molar-refractivity contribution in [3.05, 3.63) is 36.7 Å². The number of nitrogens with one attached hydrogen (secondary N) is 2. The molecule has 0 spiro atoms. The normalized spacial score (nSPS) is 16.9. The van der Waals surface area contributed by atoms with Crippen LogP contribution in [0.15, 0.2) is 36.7 Å². The third-order valence-corrected chi connectivity index (χ3v) is 5.46. The summed E-state index contributed by atoms with van der Waals surface area (Å²) in [6.07, 6.45) is 6.18. The van der Waals surface area contributed by atoms with Crippen LogP contribution in [-0.4, -0.2) is 50.1 Å². The summed E-state index contributed by atoms with van der Waals surface area (Å²) in [4.78, 5) is 16.8. The first-order valence-electron chi connectivity index (χ1n) is 10.1. The number of anilines is 1. The molecule has 1 amide bonds. The molecule has 30 heavy (non-hydrogen) atoms. The van der Waals surface area contributed by atoms with Crippen molar-refractivity contribution in [3.63, 3.8) is 0 Å². The van der Waals surface area contributed by atoms with Crippen molar-refractivity contribution in [1.82, 2.24) is 30.3 Å². The highest BCUT2D eigenvalue weighted by Gasteiger charge is 2.21. The summed E-state index contributed by atoms with van der Waals surface area (Å²) in [5.41, 5.74) is 9.57. The van der Waals surface area contributed by atoms with E-state index in [-0.39, 0.29) is 12.0 Å². The Morgan fingerprint density at radius 3 is 3.03 bits per heavy atom. The van der Waals surface area contributed by atoms with E-state index in [1.807, 2.05) is 30.5 Å². The van der Waals surface area contributed by atoms with Crippen LogP contribution in [0.3, 0.4) is 0 Å². The zero-order valence-corrected chi connectivity index (χ0v) is 16.5. The fourth-order valence-electron chi connectivity index (χ4n) is 3.90. The van der Waals surface area contributed by atoms with E-state index < -0.39 is 0 Å². The number of hydrogen-bond acceptors (Lipinski definition) is 6. The lowest BCUT2D eigenvalue weighted by Gasteiger charge is -2.21. The van der Waals surface area contributed by atoms with Gasteiger partial charge in [-0.25, -0.2) is 4.98 Å². The molecule has 4 heterocycles. The minimum atomic E-state index is -0.330. The van der Waals surface area contributed by atoms with Gasteiger partial charge in [0.05, 0.1) is 17.8 Å². The molecule has 1 unspecified atom stereocenters. The van der Waals surface area contributed by atoms with Crippen LogP contribution in [0.2, 0.25) is 0 Å². The van der Waals surface area contributed by atoms with Gasteiger partial charge < -0.3 is 15.8 Å². The maximum atomic E-state index is 12.2. The van der Waals surface area contributed by atoms with Crippen molar-refractivity contribution in [1.29, 1.82) is 0 Å². The van der Waals surface area contributed by atoms with E-state index in [9.17, 15) is 4.79 Å². The molecular formula is C21H23N7O2. The van der Waals surface area contributed by atoms with Crippen molar-refractivity contribution in [2.75, 3.05) is 18.9 Å². The lowest BCUT2D eigenvalue weighted by molar-refractivity contribution is -0.135. The highest BCUT2D eigenvalue weighted by atomic mass is 16.5. The van der Waals surface area contributed by atoms with Gasteiger partial charge in [-0.2, -0.15) is 10.2 Å². The number of amides is 1. The Labute approximate surface area is 172 Å². The second-order valence-electron chi connectivity index (χ2n) is 7.50. The number of benzene rings is 1. The zero-order chi connectivity index (χ0) is 20.5. The average Bonchev–Trinajstić information content (AvgIpc) is 3.45. The number of aromatic nitrogens is 5. The smallest absolute Gasteiger partial charge is 0.249 e. The van der Waals surface area contributed by atoms with Crippen LogP contribution in [0.5, 0.6) is 0 Å². The van der Waals surface area contributed by atoms with E-state index in [1.165, 1.54) is 0 Å². The van der Waals surface area contributed by atoms with E-state index in [0.717, 1.165) is 46.8 Å². The van der Waals surface area contributed by atoms with Crippen molar-refractivity contribution in [3.8, 4) is 11.3 Å². The van der Waals surface area contributed by atoms with Crippen LogP contribution >= 0.6 is 0 Å². The SMILES string of the molecule is Nc1nc2cc(-c3ccn[nH]3)ccc2c2cn(CCNC(=O)C3CCCCO3)nc12. The van der Waals surface area contributed by atoms with Gasteiger partial charge >= 0.3 is 0 Å². The largest absolute Gasteiger partial charge is 0.382 e. The number of carbonyl (C=O) groups excluding carboxylic acids is 1. The Hall–Kier alpha value is -3.46. The fraction of sp³-hybridized carbons (Fsp3) is 0.333. The van der Waals surface area contributed by atoms with Gasteiger partial charge in [0, 0.05) is 41.9 Å². The summed E-state index contributed by atoms with van der Waals surface area (Å²) in [6.45, 7) is 1.67. The van der Waals surface area contributed by atoms with E-state index in [2.05, 4.69) is 25.6 Å². The Morgan fingerprint density at radius 1 is 1.30 bits per heavy atom. The van der Waals surface area contributed by atoms with Gasteiger partial charge in [-0.1, -0.05) is 12.1 Å². The van der Waals surface area contributed by atoms with Gasteiger partial charge in [-0.05, 0) is 31.4 Å². The highest BCUT2D eigenvalue weighted by molar-refractivity contribution is 6.08. The minimum absolute atomic E-state index is 0.0515. The molecule has 9 nitrogen and oxygen atoms in total. The molecule has 1 aliphatic heterocycles. The molecule has 154 valence electrons. The summed E-state index contributed by atoms with van der Waals surface area (Å²) in [5.74, 6) is 0.335. The van der Waals surface area contributed by atoms with Gasteiger partial charge in [0.2, 0.25) is 5.91 Å². The van der Waals surface area contributed by atoms with Crippen LogP contribution in [0.4, 0.5) is 5.82 Å². The first-order chi connectivity index (χ1) is 14.7. The average molecular weight is 405 g/mol. The quantitative estimate of drug-likeness (QED) is 0.468. The number of rotatable bonds is 5. The lowest BCUT2D eigenvalue weighted by atomic mass is 10.1.